The molecule has 0 atom stereocenters. The van der Waals surface area contributed by atoms with Crippen LogP contribution in [0.15, 0.2) is 22.6 Å². The Morgan fingerprint density at radius 1 is 1.25 bits per heavy atom. The minimum Gasteiger partial charge on any atom is -0.477 e. The minimum absolute atomic E-state index is 0.155. The van der Waals surface area contributed by atoms with E-state index in [0.29, 0.717) is 12.2 Å². The molecule has 0 unspecified atom stereocenters. The van der Waals surface area contributed by atoms with E-state index in [-0.39, 0.29) is 18.0 Å². The predicted molar refractivity (Wildman–Crippen MR) is 70.3 cm³/mol. The molecule has 0 amide bonds. The molecule has 2 rings (SSSR count). The molecule has 20 heavy (non-hydrogen) atoms. The van der Waals surface area contributed by atoms with Crippen LogP contribution >= 0.6 is 0 Å². The normalized spacial score (nSPS) is 10.7. The monoisotopic (exact) mass is 277 g/mol. The molecule has 2 N–H and O–H groups in total. The average Bonchev–Trinajstić information content (AvgIpc) is 2.95. The van der Waals surface area contributed by atoms with E-state index in [4.69, 9.17) is 9.52 Å². The largest absolute Gasteiger partial charge is 0.477 e. The zero-order valence-electron chi connectivity index (χ0n) is 11.2. The molecule has 0 aliphatic heterocycles. The molecule has 6 nitrogen and oxygen atoms in total. The summed E-state index contributed by atoms with van der Waals surface area (Å²) >= 11 is 0. The van der Waals surface area contributed by atoms with Gasteiger partial charge in [0.15, 0.2) is 0 Å². The maximum atomic E-state index is 11.4. The van der Waals surface area contributed by atoms with E-state index in [1.807, 2.05) is 19.9 Å². The van der Waals surface area contributed by atoms with Crippen LogP contribution < -0.4 is 0 Å². The maximum Gasteiger partial charge on any atom is 0.371 e. The van der Waals surface area contributed by atoms with Crippen molar-refractivity contribution in [1.29, 1.82) is 0 Å². The van der Waals surface area contributed by atoms with Gasteiger partial charge in [-0.3, -0.25) is 0 Å². The Kier molecular flexibility index (Phi) is 3.65. The van der Waals surface area contributed by atoms with Crippen LogP contribution in [0.2, 0.25) is 0 Å². The summed E-state index contributed by atoms with van der Waals surface area (Å²) in [5, 5.41) is 18.1. The number of nitrogens with zero attached hydrogens (tertiary/aromatic N) is 1. The second-order valence-corrected chi connectivity index (χ2v) is 4.48. The van der Waals surface area contributed by atoms with E-state index in [0.717, 1.165) is 11.3 Å². The van der Waals surface area contributed by atoms with E-state index in [1.54, 1.807) is 10.6 Å². The van der Waals surface area contributed by atoms with E-state index in [1.165, 1.54) is 6.07 Å². The number of hydrogen-bond acceptors (Lipinski definition) is 3. The highest BCUT2D eigenvalue weighted by Crippen LogP contribution is 2.19. The van der Waals surface area contributed by atoms with Crippen molar-refractivity contribution in [3.8, 4) is 0 Å². The third-order valence-corrected chi connectivity index (χ3v) is 3.15. The number of rotatable bonds is 5. The maximum absolute atomic E-state index is 11.4. The number of furan rings is 1. The average molecular weight is 277 g/mol. The van der Waals surface area contributed by atoms with Gasteiger partial charge in [0.05, 0.1) is 6.54 Å². The SMILES string of the molecule is CCc1cc(C)n(Cc2ccc(C(=O)O)o2)c1C(=O)O. The Morgan fingerprint density at radius 2 is 1.95 bits per heavy atom. The van der Waals surface area contributed by atoms with Gasteiger partial charge < -0.3 is 19.2 Å². The topological polar surface area (TPSA) is 92.7 Å². The number of carbonyl (C=O) groups is 2. The summed E-state index contributed by atoms with van der Waals surface area (Å²) in [7, 11) is 0. The molecule has 2 heterocycles. The summed E-state index contributed by atoms with van der Waals surface area (Å²) in [5.41, 5.74) is 1.77. The predicted octanol–water partition coefficient (Wildman–Crippen LogP) is 2.40. The Morgan fingerprint density at radius 3 is 2.45 bits per heavy atom. The van der Waals surface area contributed by atoms with Gasteiger partial charge in [-0.1, -0.05) is 6.92 Å². The van der Waals surface area contributed by atoms with Gasteiger partial charge in [-0.15, -0.1) is 0 Å². The first kappa shape index (κ1) is 13.9. The quantitative estimate of drug-likeness (QED) is 0.875. The molecule has 2 aromatic rings. The van der Waals surface area contributed by atoms with E-state index in [9.17, 15) is 14.7 Å². The van der Waals surface area contributed by atoms with Crippen LogP contribution in [0, 0.1) is 6.92 Å². The van der Waals surface area contributed by atoms with Crippen LogP contribution in [0.4, 0.5) is 0 Å². The molecular weight excluding hydrogens is 262 g/mol. The molecule has 6 heteroatoms. The highest BCUT2D eigenvalue weighted by atomic mass is 16.4. The van der Waals surface area contributed by atoms with Crippen molar-refractivity contribution in [2.75, 3.05) is 0 Å². The number of aromatic nitrogens is 1. The second-order valence-electron chi connectivity index (χ2n) is 4.48. The summed E-state index contributed by atoms with van der Waals surface area (Å²) in [6, 6.07) is 4.72. The van der Waals surface area contributed by atoms with E-state index in [2.05, 4.69) is 0 Å². The Bertz CT molecular complexity index is 665. The van der Waals surface area contributed by atoms with Crippen molar-refractivity contribution < 1.29 is 24.2 Å². The Balaban J connectivity index is 2.39. The molecular formula is C14H15NO5. The van der Waals surface area contributed by atoms with Crippen LogP contribution in [0.25, 0.3) is 0 Å². The Hall–Kier alpha value is -2.50. The standard InChI is InChI=1S/C14H15NO5/c1-3-9-6-8(2)15(12(9)14(18)19)7-10-4-5-11(20-10)13(16)17/h4-6H,3,7H2,1-2H3,(H,16,17)(H,18,19). The lowest BCUT2D eigenvalue weighted by molar-refractivity contribution is 0.0653. The first-order valence-electron chi connectivity index (χ1n) is 6.18. The zero-order chi connectivity index (χ0) is 14.9. The van der Waals surface area contributed by atoms with Gasteiger partial charge in [0, 0.05) is 5.69 Å². The molecule has 0 spiro atoms. The third-order valence-electron chi connectivity index (χ3n) is 3.15. The van der Waals surface area contributed by atoms with Crippen LogP contribution in [0.5, 0.6) is 0 Å². The fourth-order valence-corrected chi connectivity index (χ4v) is 2.21. The van der Waals surface area contributed by atoms with Gasteiger partial charge in [0.1, 0.15) is 11.5 Å². The van der Waals surface area contributed by atoms with Crippen LogP contribution in [0.1, 0.15) is 45.0 Å². The first-order chi connectivity index (χ1) is 9.43. The zero-order valence-corrected chi connectivity index (χ0v) is 11.2. The molecule has 0 bridgehead atoms. The molecule has 0 saturated heterocycles. The summed E-state index contributed by atoms with van der Waals surface area (Å²) in [4.78, 5) is 22.1. The molecule has 0 saturated carbocycles. The fourth-order valence-electron chi connectivity index (χ4n) is 2.21. The molecule has 2 aromatic heterocycles. The number of hydrogen-bond donors (Lipinski definition) is 2. The van der Waals surface area contributed by atoms with Gasteiger partial charge in [-0.05, 0) is 37.1 Å². The van der Waals surface area contributed by atoms with Crippen LogP contribution in [-0.2, 0) is 13.0 Å². The molecule has 0 aromatic carbocycles. The summed E-state index contributed by atoms with van der Waals surface area (Å²) in [5.74, 6) is -1.89. The van der Waals surface area contributed by atoms with Crippen molar-refractivity contribution in [1.82, 2.24) is 4.57 Å². The van der Waals surface area contributed by atoms with Crippen LogP contribution in [-0.4, -0.2) is 26.7 Å². The highest BCUT2D eigenvalue weighted by Gasteiger charge is 2.19. The summed E-state index contributed by atoms with van der Waals surface area (Å²) in [6.07, 6.45) is 0.619. The number of aromatic carboxylic acids is 2. The van der Waals surface area contributed by atoms with Gasteiger partial charge in [0.2, 0.25) is 5.76 Å². The van der Waals surface area contributed by atoms with Gasteiger partial charge >= 0.3 is 11.9 Å². The number of carboxylic acids is 2. The fraction of sp³-hybridized carbons (Fsp3) is 0.286. The lowest BCUT2D eigenvalue weighted by Gasteiger charge is -2.08. The molecule has 0 aliphatic rings. The lowest BCUT2D eigenvalue weighted by Crippen LogP contribution is -2.12. The lowest BCUT2D eigenvalue weighted by atomic mass is 10.2. The smallest absolute Gasteiger partial charge is 0.371 e. The van der Waals surface area contributed by atoms with Gasteiger partial charge in [-0.25, -0.2) is 9.59 Å². The first-order valence-corrected chi connectivity index (χ1v) is 6.18. The Labute approximate surface area is 115 Å². The molecule has 106 valence electrons. The second kappa shape index (κ2) is 5.24. The van der Waals surface area contributed by atoms with Crippen molar-refractivity contribution in [3.63, 3.8) is 0 Å². The van der Waals surface area contributed by atoms with Crippen molar-refractivity contribution in [3.05, 3.63) is 46.7 Å². The minimum atomic E-state index is -1.15. The molecule has 0 fully saturated rings. The summed E-state index contributed by atoms with van der Waals surface area (Å²) in [6.45, 7) is 3.90. The highest BCUT2D eigenvalue weighted by molar-refractivity contribution is 5.88. The van der Waals surface area contributed by atoms with Crippen molar-refractivity contribution in [2.45, 2.75) is 26.8 Å². The third kappa shape index (κ3) is 2.45. The van der Waals surface area contributed by atoms with Gasteiger partial charge in [-0.2, -0.15) is 0 Å². The van der Waals surface area contributed by atoms with E-state index >= 15 is 0 Å². The number of carboxylic acid groups (broad SMARTS) is 2. The van der Waals surface area contributed by atoms with Crippen LogP contribution in [0.3, 0.4) is 0 Å². The number of aryl methyl sites for hydroxylation is 2. The molecule has 0 radical (unpaired) electrons. The van der Waals surface area contributed by atoms with Crippen molar-refractivity contribution >= 4 is 11.9 Å². The van der Waals surface area contributed by atoms with Gasteiger partial charge in [0.25, 0.3) is 0 Å². The van der Waals surface area contributed by atoms with Crippen molar-refractivity contribution in [2.24, 2.45) is 0 Å². The summed E-state index contributed by atoms with van der Waals surface area (Å²) < 4.78 is 6.79. The molecule has 0 aliphatic carbocycles. The van der Waals surface area contributed by atoms with E-state index < -0.39 is 11.9 Å².